The van der Waals surface area contributed by atoms with Gasteiger partial charge in [-0.1, -0.05) is 55.8 Å². The Morgan fingerprint density at radius 2 is 1.56 bits per heavy atom. The van der Waals surface area contributed by atoms with E-state index in [4.69, 9.17) is 4.74 Å². The van der Waals surface area contributed by atoms with Crippen LogP contribution >= 0.6 is 0 Å². The van der Waals surface area contributed by atoms with E-state index >= 15 is 0 Å². The molecule has 0 saturated heterocycles. The van der Waals surface area contributed by atoms with Gasteiger partial charge >= 0.3 is 0 Å². The summed E-state index contributed by atoms with van der Waals surface area (Å²) in [6, 6.07) is 20.9. The van der Waals surface area contributed by atoms with Gasteiger partial charge in [-0.15, -0.1) is 0 Å². The highest BCUT2D eigenvalue weighted by Crippen LogP contribution is 2.36. The molecule has 174 valence electrons. The zero-order valence-corrected chi connectivity index (χ0v) is 20.3. The van der Waals surface area contributed by atoms with Gasteiger partial charge in [-0.05, 0) is 73.7 Å². The average molecular weight is 455 g/mol. The van der Waals surface area contributed by atoms with Crippen molar-refractivity contribution in [2.45, 2.75) is 40.5 Å². The van der Waals surface area contributed by atoms with Crippen molar-refractivity contribution in [3.63, 3.8) is 0 Å². The first-order valence-corrected chi connectivity index (χ1v) is 11.6. The molecule has 1 heterocycles. The molecule has 0 radical (unpaired) electrons. The van der Waals surface area contributed by atoms with Crippen LogP contribution in [-0.2, 0) is 9.59 Å². The zero-order chi connectivity index (χ0) is 24.4. The van der Waals surface area contributed by atoms with Crippen molar-refractivity contribution >= 4 is 28.8 Å². The number of nitrogens with one attached hydrogen (secondary N) is 1. The molecule has 0 aliphatic carbocycles. The Hall–Kier alpha value is -3.86. The topological polar surface area (TPSA) is 58.6 Å². The van der Waals surface area contributed by atoms with Crippen LogP contribution < -0.4 is 15.0 Å². The van der Waals surface area contributed by atoms with Crippen LogP contribution in [0.1, 0.15) is 48.9 Å². The minimum Gasteiger partial charge on any atom is -0.494 e. The molecule has 1 aliphatic heterocycles. The summed E-state index contributed by atoms with van der Waals surface area (Å²) in [5, 5.41) is 3.24. The highest BCUT2D eigenvalue weighted by atomic mass is 16.5. The van der Waals surface area contributed by atoms with Crippen LogP contribution in [-0.4, -0.2) is 18.4 Å². The largest absolute Gasteiger partial charge is 0.494 e. The average Bonchev–Trinajstić information content (AvgIpc) is 3.04. The van der Waals surface area contributed by atoms with E-state index in [2.05, 4.69) is 19.2 Å². The summed E-state index contributed by atoms with van der Waals surface area (Å²) >= 11 is 0. The molecule has 0 saturated carbocycles. The Morgan fingerprint density at radius 3 is 2.15 bits per heavy atom. The summed E-state index contributed by atoms with van der Waals surface area (Å²) in [4.78, 5) is 28.6. The van der Waals surface area contributed by atoms with Gasteiger partial charge in [0.2, 0.25) is 0 Å². The van der Waals surface area contributed by atoms with Gasteiger partial charge in [0.05, 0.1) is 17.9 Å². The van der Waals surface area contributed by atoms with Crippen molar-refractivity contribution in [2.75, 3.05) is 16.8 Å². The lowest BCUT2D eigenvalue weighted by molar-refractivity contribution is -0.120. The smallest absolute Gasteiger partial charge is 0.282 e. The molecule has 3 aromatic rings. The predicted octanol–water partition coefficient (Wildman–Crippen LogP) is 6.22. The summed E-state index contributed by atoms with van der Waals surface area (Å²) in [7, 11) is 0. The third-order valence-corrected chi connectivity index (χ3v) is 5.98. The molecule has 0 atom stereocenters. The molecule has 5 heteroatoms. The highest BCUT2D eigenvalue weighted by Gasteiger charge is 2.40. The highest BCUT2D eigenvalue weighted by molar-refractivity contribution is 6.46. The summed E-state index contributed by atoms with van der Waals surface area (Å²) in [6.07, 6.45) is 0. The standard InChI is InChI=1S/C29H30N2O3/c1-6-34-24-14-10-22(11-15-24)26-27(30-23-12-8-21(9-13-23)18(2)3)29(33)31(28(26)32)25-16-7-19(4)17-20(25)5/h7-18,30H,6H2,1-5H3. The number of imide groups is 1. The van der Waals surface area contributed by atoms with Crippen LogP contribution in [0.5, 0.6) is 5.75 Å². The number of amides is 2. The number of ether oxygens (including phenoxy) is 1. The van der Waals surface area contributed by atoms with Crippen LogP contribution in [0.25, 0.3) is 5.57 Å². The van der Waals surface area contributed by atoms with E-state index in [0.29, 0.717) is 35.1 Å². The fourth-order valence-corrected chi connectivity index (χ4v) is 4.17. The molecule has 1 N–H and O–H groups in total. The van der Waals surface area contributed by atoms with Gasteiger partial charge in [0.15, 0.2) is 0 Å². The van der Waals surface area contributed by atoms with E-state index in [1.54, 1.807) is 0 Å². The van der Waals surface area contributed by atoms with Crippen molar-refractivity contribution < 1.29 is 14.3 Å². The fourth-order valence-electron chi connectivity index (χ4n) is 4.17. The summed E-state index contributed by atoms with van der Waals surface area (Å²) in [5.74, 6) is 0.409. The minimum atomic E-state index is -0.367. The van der Waals surface area contributed by atoms with E-state index in [1.807, 2.05) is 87.5 Å². The molecule has 4 rings (SSSR count). The lowest BCUT2D eigenvalue weighted by Gasteiger charge is -2.18. The molecular weight excluding hydrogens is 424 g/mol. The van der Waals surface area contributed by atoms with Crippen LogP contribution in [0.3, 0.4) is 0 Å². The lowest BCUT2D eigenvalue weighted by Crippen LogP contribution is -2.33. The maximum atomic E-state index is 13.7. The number of rotatable bonds is 7. The summed E-state index contributed by atoms with van der Waals surface area (Å²) in [6.45, 7) is 10.6. The van der Waals surface area contributed by atoms with Crippen molar-refractivity contribution in [2.24, 2.45) is 0 Å². The van der Waals surface area contributed by atoms with E-state index in [0.717, 1.165) is 16.8 Å². The summed E-state index contributed by atoms with van der Waals surface area (Å²) in [5.41, 5.74) is 5.78. The van der Waals surface area contributed by atoms with Crippen molar-refractivity contribution in [1.82, 2.24) is 0 Å². The van der Waals surface area contributed by atoms with E-state index in [-0.39, 0.29) is 17.5 Å². The monoisotopic (exact) mass is 454 g/mol. The maximum Gasteiger partial charge on any atom is 0.282 e. The molecule has 3 aromatic carbocycles. The van der Waals surface area contributed by atoms with Gasteiger partial charge in [-0.25, -0.2) is 4.90 Å². The van der Waals surface area contributed by atoms with Gasteiger partial charge in [-0.3, -0.25) is 9.59 Å². The van der Waals surface area contributed by atoms with E-state index < -0.39 is 0 Å². The van der Waals surface area contributed by atoms with Gasteiger partial charge in [0.25, 0.3) is 11.8 Å². The maximum absolute atomic E-state index is 13.7. The number of anilines is 2. The molecule has 1 aliphatic rings. The van der Waals surface area contributed by atoms with Crippen molar-refractivity contribution in [1.29, 1.82) is 0 Å². The molecule has 0 spiro atoms. The van der Waals surface area contributed by atoms with E-state index in [9.17, 15) is 9.59 Å². The first kappa shape index (κ1) is 23.3. The Bertz CT molecular complexity index is 1260. The number of aryl methyl sites for hydroxylation is 2. The molecular formula is C29H30N2O3. The predicted molar refractivity (Wildman–Crippen MR) is 137 cm³/mol. The normalized spacial score (nSPS) is 13.8. The fraction of sp³-hybridized carbons (Fsp3) is 0.241. The molecule has 0 bridgehead atoms. The van der Waals surface area contributed by atoms with Crippen LogP contribution in [0.2, 0.25) is 0 Å². The number of carbonyl (C=O) groups is 2. The molecule has 0 aromatic heterocycles. The Morgan fingerprint density at radius 1 is 0.882 bits per heavy atom. The number of hydrogen-bond donors (Lipinski definition) is 1. The molecule has 0 fully saturated rings. The van der Waals surface area contributed by atoms with Crippen LogP contribution in [0.15, 0.2) is 72.4 Å². The minimum absolute atomic E-state index is 0.270. The summed E-state index contributed by atoms with van der Waals surface area (Å²) < 4.78 is 5.55. The SMILES string of the molecule is CCOc1ccc(C2=C(Nc3ccc(C(C)C)cc3)C(=O)N(c3ccc(C)cc3C)C2=O)cc1. The lowest BCUT2D eigenvalue weighted by atomic mass is 10.0. The second-order valence-electron chi connectivity index (χ2n) is 8.84. The third-order valence-electron chi connectivity index (χ3n) is 5.98. The second-order valence-corrected chi connectivity index (χ2v) is 8.84. The van der Waals surface area contributed by atoms with Gasteiger partial charge < -0.3 is 10.1 Å². The van der Waals surface area contributed by atoms with Gasteiger partial charge in [0, 0.05) is 5.69 Å². The van der Waals surface area contributed by atoms with Gasteiger partial charge in [0.1, 0.15) is 11.4 Å². The number of carbonyl (C=O) groups excluding carboxylic acids is 2. The molecule has 5 nitrogen and oxygen atoms in total. The number of benzene rings is 3. The first-order valence-electron chi connectivity index (χ1n) is 11.6. The van der Waals surface area contributed by atoms with Crippen LogP contribution in [0, 0.1) is 13.8 Å². The number of nitrogens with zero attached hydrogens (tertiary/aromatic N) is 1. The van der Waals surface area contributed by atoms with Gasteiger partial charge in [-0.2, -0.15) is 0 Å². The quantitative estimate of drug-likeness (QED) is 0.431. The molecule has 0 unspecified atom stereocenters. The van der Waals surface area contributed by atoms with Crippen molar-refractivity contribution in [3.05, 3.63) is 94.7 Å². The van der Waals surface area contributed by atoms with E-state index in [1.165, 1.54) is 10.5 Å². The Labute approximate surface area is 201 Å². The zero-order valence-electron chi connectivity index (χ0n) is 20.3. The van der Waals surface area contributed by atoms with Crippen LogP contribution in [0.4, 0.5) is 11.4 Å². The molecule has 2 amide bonds. The molecule has 34 heavy (non-hydrogen) atoms. The number of hydrogen-bond acceptors (Lipinski definition) is 4. The van der Waals surface area contributed by atoms with Crippen molar-refractivity contribution in [3.8, 4) is 5.75 Å². The Balaban J connectivity index is 1.78. The first-order chi connectivity index (χ1) is 16.3. The second kappa shape index (κ2) is 9.56. The Kier molecular flexibility index (Phi) is 6.55. The third kappa shape index (κ3) is 4.46.